The Morgan fingerprint density at radius 1 is 0.425 bits per heavy atom. The molecule has 0 spiro atoms. The van der Waals surface area contributed by atoms with E-state index < -0.39 is 71.9 Å². The van der Waals surface area contributed by atoms with E-state index in [4.69, 9.17) is 212 Å². The molecule has 7 atom stereocenters. The number of hydrogen-bond donors (Lipinski definition) is 10. The van der Waals surface area contributed by atoms with Gasteiger partial charge >= 0.3 is 47.0 Å². The molecular formula is C104H132Cl8CuN5O28. The number of carboxylic acids is 2. The van der Waals surface area contributed by atoms with Gasteiger partial charge in [-0.1, -0.05) is 178 Å². The number of amides is 1. The molecule has 11 N–H and O–H groups in total. The summed E-state index contributed by atoms with van der Waals surface area (Å²) in [6.45, 7) is 28.1. The Morgan fingerprint density at radius 2 is 0.719 bits per heavy atom. The van der Waals surface area contributed by atoms with Crippen LogP contribution in [0.1, 0.15) is 185 Å². The number of ether oxygens (including phenoxy) is 11. The molecule has 0 radical (unpaired) electrons. The quantitative estimate of drug-likeness (QED) is 0.00329. The second-order valence-electron chi connectivity index (χ2n) is 30.1. The van der Waals surface area contributed by atoms with Gasteiger partial charge in [0.1, 0.15) is 76.0 Å². The number of allylic oxidation sites excluding steroid dienone is 1. The number of halogens is 8. The minimum absolute atomic E-state index is 0. The van der Waals surface area contributed by atoms with Crippen LogP contribution in [0.3, 0.4) is 0 Å². The molecule has 0 bridgehead atoms. The number of aryl methyl sites for hydroxylation is 4. The van der Waals surface area contributed by atoms with E-state index in [-0.39, 0.29) is 109 Å². The third kappa shape index (κ3) is 65.1. The summed E-state index contributed by atoms with van der Waals surface area (Å²) < 4.78 is 57.4. The zero-order valence-electron chi connectivity index (χ0n) is 84.3. The van der Waals surface area contributed by atoms with Crippen LogP contribution in [0, 0.1) is 41.4 Å². The normalized spacial score (nSPS) is 11.2. The number of aldehydes is 2. The molecule has 8 aromatic carbocycles. The Balaban J connectivity index is -0.000000512. The summed E-state index contributed by atoms with van der Waals surface area (Å²) in [5, 5.41) is 99.9. The van der Waals surface area contributed by atoms with Crippen molar-refractivity contribution in [2.75, 3.05) is 59.3 Å². The molecule has 0 aromatic heterocycles. The van der Waals surface area contributed by atoms with Gasteiger partial charge in [0.15, 0.2) is 30.9 Å². The molecule has 33 nitrogen and oxygen atoms in total. The fourth-order valence-electron chi connectivity index (χ4n) is 10.1. The molecule has 146 heavy (non-hydrogen) atoms. The summed E-state index contributed by atoms with van der Waals surface area (Å²) in [6, 6.07) is 49.2. The number of carbonyl (C=O) groups excluding carboxylic acids is 7. The molecule has 0 saturated carbocycles. The Bertz CT molecular complexity index is 5290. The maximum atomic E-state index is 11.6. The minimum Gasteiger partial charge on any atom is -0.506 e. The van der Waals surface area contributed by atoms with Crippen LogP contribution >= 0.6 is 92.8 Å². The number of carbonyl (C=O) groups is 9. The standard InChI is InChI=1S/C17H26ClNO4.C14H16ClNO3.C14H14ClNO3.C12H18ClNO2.C12H14ClNO2.C12H13ClO4.C7H5ClO2.C6H5ClO.C5H10O3.2C2H4O2.CH3.Cu/c1-12(11-20)22-15-13(7-5-9-14(15)18)8-6-10-19-16(21)23-17(2,3)4;2*1-3-18-14(17)10(2)19-13-11(7-5-9-16)6-4-8-12(13)15;2*1-9(8-15)16-12-10(5-3-7-14)4-2-6-11(12)13;1-3-16-12(15)8(2)17-11-9(7-14)5-4-6-10(11)13;8-6-3-1-2-5(4-9)7(6)10;7-5-3-1-2-4-6(5)8;1-3-8-5(7)4(2)6;2*1-2(3)4;;/h5,7,9,12,20H,6,8,10-11H2,1-4H3,(H,19,21);4,6,8,10H,3,5,7H2,1-2H3;4-8,10H,3H2,1-2H3;2,4,6,9,15H,3,5,7-8,14H2,1H3;2,4,6,9,15H,3,5,8H2,1H3;4-8H,3H2,1-2H3;1-4,10H;1-4,8H;4,6H,3H2,1-2H3;2*1H3,(H,3,4);1H3;/q;;;;;;;;;;;-1;+1/b;;7-5+;;;;;;;;;;/t12-;2*10-;2*9-;8-;;;4-;;;;/m111111..0..../s1. The van der Waals surface area contributed by atoms with Gasteiger partial charge in [-0.2, -0.15) is 15.8 Å². The minimum atomic E-state index is -0.991. The first-order chi connectivity index (χ1) is 68.1. The van der Waals surface area contributed by atoms with Crippen molar-refractivity contribution in [3.8, 4) is 64.2 Å². The van der Waals surface area contributed by atoms with Crippen molar-refractivity contribution < 1.29 is 153 Å². The molecular weight excluding hydrogens is 2110 g/mol. The number of rotatable bonds is 37. The number of nitrogens with zero attached hydrogens (tertiary/aromatic N) is 3. The van der Waals surface area contributed by atoms with Crippen LogP contribution in [0.5, 0.6) is 46.0 Å². The first-order valence-electron chi connectivity index (χ1n) is 44.6. The van der Waals surface area contributed by atoms with Gasteiger partial charge in [-0.25, -0.2) is 24.0 Å². The van der Waals surface area contributed by atoms with Gasteiger partial charge in [0, 0.05) is 44.9 Å². The first kappa shape index (κ1) is 143. The number of aliphatic carboxylic acids is 2. The van der Waals surface area contributed by atoms with Crippen molar-refractivity contribution in [2.24, 2.45) is 5.73 Å². The number of aromatic hydroxyl groups is 2. The van der Waals surface area contributed by atoms with Crippen molar-refractivity contribution >= 4 is 153 Å². The van der Waals surface area contributed by atoms with Crippen LogP contribution in [0.25, 0.3) is 6.08 Å². The molecule has 0 unspecified atom stereocenters. The number of nitrogens with one attached hydrogen (secondary N) is 1. The molecule has 0 aliphatic rings. The topological polar surface area (TPSA) is 526 Å². The number of aliphatic hydroxyl groups is 4. The number of esters is 4. The van der Waals surface area contributed by atoms with Gasteiger partial charge in [-0.15, -0.1) is 0 Å². The Labute approximate surface area is 905 Å². The maximum Gasteiger partial charge on any atom is 1.00 e. The predicted molar refractivity (Wildman–Crippen MR) is 561 cm³/mol. The van der Waals surface area contributed by atoms with Gasteiger partial charge in [-0.05, 0) is 237 Å². The van der Waals surface area contributed by atoms with E-state index in [1.54, 1.807) is 165 Å². The molecule has 0 fully saturated rings. The number of alkyl carbamates (subject to hydrolysis) is 1. The maximum absolute atomic E-state index is 11.6. The molecule has 0 heterocycles. The summed E-state index contributed by atoms with van der Waals surface area (Å²) >= 11 is 47.2. The van der Waals surface area contributed by atoms with E-state index in [0.29, 0.717) is 141 Å². The van der Waals surface area contributed by atoms with Crippen LogP contribution in [0.4, 0.5) is 4.79 Å². The van der Waals surface area contributed by atoms with Crippen molar-refractivity contribution in [1.29, 1.82) is 15.8 Å². The van der Waals surface area contributed by atoms with Crippen LogP contribution in [-0.2, 0) is 95.2 Å². The van der Waals surface area contributed by atoms with E-state index in [1.807, 2.05) is 69.3 Å². The van der Waals surface area contributed by atoms with Gasteiger partial charge in [0.05, 0.1) is 116 Å². The summed E-state index contributed by atoms with van der Waals surface area (Å²) in [5.74, 6) is -0.814. The van der Waals surface area contributed by atoms with Gasteiger partial charge < -0.3 is 111 Å². The number of hydrogen-bond acceptors (Lipinski definition) is 30. The fraction of sp³-hybridized carbons (Fsp3) is 0.394. The largest absolute Gasteiger partial charge is 1.00 e. The van der Waals surface area contributed by atoms with Gasteiger partial charge in [0.25, 0.3) is 11.9 Å². The van der Waals surface area contributed by atoms with Crippen molar-refractivity contribution in [3.05, 3.63) is 244 Å². The number of para-hydroxylation sites is 8. The first-order valence-corrected chi connectivity index (χ1v) is 47.6. The number of nitrogens with two attached hydrogens (primary N) is 1. The Hall–Kier alpha value is -11.6. The SMILES string of the molecule is CC(=O)O.CC(=O)O.CCOC(=O)[C@@H](C)Oc1c(Cl)cccc1/C=C/C#N.CCOC(=O)[C@@H](C)Oc1c(Cl)cccc1C=O.CCOC(=O)[C@@H](C)Oc1c(Cl)cccc1CCC#N.CCOC(=O)[C@H](C)O.C[C@H](CO)Oc1c(Cl)cccc1CCC#N.C[C@H](CO)Oc1c(Cl)cccc1CCCN.C[C@H](CO)Oc1c(Cl)cccc1CCCNC(=O)OC(C)(C)C.O=Cc1cccc(Cl)c1O.Oc1ccccc1Cl.[CH3-].[Cu+]. The van der Waals surface area contributed by atoms with E-state index in [1.165, 1.54) is 32.1 Å². The molecule has 808 valence electrons. The van der Waals surface area contributed by atoms with Gasteiger partial charge in [-0.3, -0.25) is 19.2 Å². The van der Waals surface area contributed by atoms with E-state index in [9.17, 15) is 33.6 Å². The molecule has 8 rings (SSSR count). The summed E-state index contributed by atoms with van der Waals surface area (Å²) in [5.41, 5.74) is 9.82. The Kier molecular flexibility index (Phi) is 82.7. The van der Waals surface area contributed by atoms with E-state index in [2.05, 4.69) is 22.2 Å². The molecule has 8 aromatic rings. The predicted octanol–water partition coefficient (Wildman–Crippen LogP) is 21.4. The van der Waals surface area contributed by atoms with Crippen molar-refractivity contribution in [1.82, 2.24) is 5.32 Å². The summed E-state index contributed by atoms with van der Waals surface area (Å²) in [4.78, 5) is 95.2. The van der Waals surface area contributed by atoms with Crippen molar-refractivity contribution in [2.45, 2.75) is 210 Å². The third-order valence-electron chi connectivity index (χ3n) is 16.7. The molecule has 1 amide bonds. The number of phenolic OH excluding ortho intramolecular Hbond substituents is 2. The zero-order valence-corrected chi connectivity index (χ0v) is 91.3. The van der Waals surface area contributed by atoms with Crippen molar-refractivity contribution in [3.63, 3.8) is 0 Å². The number of phenols is 2. The fourth-order valence-corrected chi connectivity index (χ4v) is 11.9. The number of aliphatic hydroxyl groups excluding tert-OH is 4. The average Bonchev–Trinajstić information content (AvgIpc) is 0.851. The van der Waals surface area contributed by atoms with Crippen LogP contribution < -0.4 is 39.5 Å². The molecule has 0 aliphatic carbocycles. The van der Waals surface area contributed by atoms with E-state index >= 15 is 0 Å². The molecule has 42 heteroatoms. The van der Waals surface area contributed by atoms with Crippen LogP contribution in [0.2, 0.25) is 40.2 Å². The average molecular weight is 2250 g/mol. The zero-order chi connectivity index (χ0) is 110. The monoisotopic (exact) mass is 2240 g/mol. The number of benzene rings is 8. The number of nitriles is 3. The second-order valence-corrected chi connectivity index (χ2v) is 33.4. The van der Waals surface area contributed by atoms with Gasteiger partial charge in [0.2, 0.25) is 0 Å². The Morgan fingerprint density at radius 3 is 1.01 bits per heavy atom. The molecule has 0 aliphatic heterocycles. The summed E-state index contributed by atoms with van der Waals surface area (Å²) in [6.07, 6.45) is 4.52. The third-order valence-corrected chi connectivity index (χ3v) is 19.1. The second kappa shape index (κ2) is 84.5. The van der Waals surface area contributed by atoms with Crippen LogP contribution in [0.15, 0.2) is 158 Å². The molecule has 0 saturated heterocycles. The van der Waals surface area contributed by atoms with Crippen LogP contribution in [-0.4, -0.2) is 203 Å². The summed E-state index contributed by atoms with van der Waals surface area (Å²) in [7, 11) is 0. The number of carboxylic acid groups (broad SMARTS) is 2. The smallest absolute Gasteiger partial charge is 0.506 e. The van der Waals surface area contributed by atoms with E-state index in [0.717, 1.165) is 55.4 Å².